The number of esters is 1. The van der Waals surface area contributed by atoms with Crippen LogP contribution in [0.15, 0.2) is 97.1 Å². The van der Waals surface area contributed by atoms with Crippen LogP contribution in [-0.4, -0.2) is 11.8 Å². The third-order valence-corrected chi connectivity index (χ3v) is 5.48. The third kappa shape index (κ3) is 5.59. The Balaban J connectivity index is 1.59. The topological polar surface area (TPSA) is 100 Å². The van der Waals surface area contributed by atoms with E-state index in [-0.39, 0.29) is 22.5 Å². The number of Topliss-reactive ketones (excluding diaryl/α,β-unsaturated/α-hetero) is 1. The zero-order chi connectivity index (χ0) is 25.5. The molecule has 0 unspecified atom stereocenters. The molecule has 4 aromatic carbocycles. The molecule has 0 saturated carbocycles. The number of rotatable bonds is 7. The Labute approximate surface area is 212 Å². The van der Waals surface area contributed by atoms with E-state index in [1.807, 2.05) is 12.1 Å². The van der Waals surface area contributed by atoms with Crippen molar-refractivity contribution in [2.75, 3.05) is 0 Å². The maximum absolute atomic E-state index is 13.2. The van der Waals surface area contributed by atoms with Crippen LogP contribution >= 0.6 is 11.6 Å². The van der Waals surface area contributed by atoms with Gasteiger partial charge in [-0.3, -0.25) is 4.79 Å². The van der Waals surface area contributed by atoms with Crippen molar-refractivity contribution in [3.63, 3.8) is 0 Å². The largest absolute Gasteiger partial charge is 0.457 e. The molecule has 174 valence electrons. The van der Waals surface area contributed by atoms with E-state index in [9.17, 15) is 14.9 Å². The molecule has 0 aliphatic carbocycles. The summed E-state index contributed by atoms with van der Waals surface area (Å²) in [6, 6.07) is 29.7. The molecule has 0 saturated heterocycles. The summed E-state index contributed by atoms with van der Waals surface area (Å²) in [6.45, 7) is 0. The van der Waals surface area contributed by atoms with E-state index in [1.165, 1.54) is 18.2 Å². The number of halogens is 1. The first kappa shape index (κ1) is 24.2. The van der Waals surface area contributed by atoms with Crippen molar-refractivity contribution >= 4 is 23.4 Å². The van der Waals surface area contributed by atoms with Crippen LogP contribution in [0.1, 0.15) is 43.5 Å². The highest BCUT2D eigenvalue weighted by Gasteiger charge is 2.27. The Morgan fingerprint density at radius 1 is 0.722 bits per heavy atom. The molecule has 6 nitrogen and oxygen atoms in total. The lowest BCUT2D eigenvalue weighted by Crippen LogP contribution is -2.20. The van der Waals surface area contributed by atoms with Gasteiger partial charge in [-0.25, -0.2) is 4.79 Å². The average Bonchev–Trinajstić information content (AvgIpc) is 2.92. The summed E-state index contributed by atoms with van der Waals surface area (Å²) in [5.74, 6) is -0.452. The summed E-state index contributed by atoms with van der Waals surface area (Å²) in [5.41, 5.74) is 1.46. The van der Waals surface area contributed by atoms with Crippen LogP contribution in [-0.2, 0) is 4.74 Å². The van der Waals surface area contributed by atoms with Crippen molar-refractivity contribution in [2.24, 2.45) is 0 Å². The van der Waals surface area contributed by atoms with Crippen molar-refractivity contribution in [1.29, 1.82) is 10.5 Å². The average molecular weight is 493 g/mol. The quantitative estimate of drug-likeness (QED) is 0.211. The fourth-order valence-electron chi connectivity index (χ4n) is 3.44. The minimum Gasteiger partial charge on any atom is -0.457 e. The van der Waals surface area contributed by atoms with Gasteiger partial charge >= 0.3 is 5.97 Å². The van der Waals surface area contributed by atoms with E-state index in [4.69, 9.17) is 26.3 Å². The van der Waals surface area contributed by atoms with Crippen molar-refractivity contribution in [1.82, 2.24) is 0 Å². The molecule has 0 N–H and O–H groups in total. The molecule has 36 heavy (non-hydrogen) atoms. The molecular formula is C29H17ClN2O4. The van der Waals surface area contributed by atoms with Crippen LogP contribution in [0.2, 0.25) is 5.02 Å². The summed E-state index contributed by atoms with van der Waals surface area (Å²) in [5, 5.41) is 18.8. The number of nitrogens with zero attached hydrogens (tertiary/aromatic N) is 2. The number of ether oxygens (including phenoxy) is 2. The summed E-state index contributed by atoms with van der Waals surface area (Å²) >= 11 is 5.99. The number of nitriles is 2. The standard InChI is InChI=1S/C29H17ClN2O4/c30-24-12-9-20(10-13-24)28(27(33)19-5-2-1-3-6-19)36-29(34)21-7-4-8-25(15-21)35-26-14-11-22(17-31)23(16-26)18-32/h1-16,28H/t28-/m1/s1. The highest BCUT2D eigenvalue weighted by Crippen LogP contribution is 2.28. The Bertz CT molecular complexity index is 1500. The Morgan fingerprint density at radius 2 is 1.39 bits per heavy atom. The van der Waals surface area contributed by atoms with Gasteiger partial charge in [-0.15, -0.1) is 0 Å². The molecule has 0 bridgehead atoms. The van der Waals surface area contributed by atoms with Crippen molar-refractivity contribution in [2.45, 2.75) is 6.10 Å². The summed E-state index contributed by atoms with van der Waals surface area (Å²) in [6.07, 6.45) is -1.18. The lowest BCUT2D eigenvalue weighted by Gasteiger charge is -2.18. The Morgan fingerprint density at radius 3 is 2.08 bits per heavy atom. The van der Waals surface area contributed by atoms with Crippen LogP contribution in [0, 0.1) is 22.7 Å². The molecule has 7 heteroatoms. The van der Waals surface area contributed by atoms with E-state index >= 15 is 0 Å². The number of ketones is 1. The number of benzene rings is 4. The predicted molar refractivity (Wildman–Crippen MR) is 133 cm³/mol. The smallest absolute Gasteiger partial charge is 0.339 e. The predicted octanol–water partition coefficient (Wildman–Crippen LogP) is 6.66. The normalized spacial score (nSPS) is 11.0. The molecule has 0 aliphatic heterocycles. The molecule has 0 radical (unpaired) electrons. The van der Waals surface area contributed by atoms with E-state index in [0.717, 1.165) is 0 Å². The highest BCUT2D eigenvalue weighted by atomic mass is 35.5. The van der Waals surface area contributed by atoms with Crippen molar-refractivity contribution in [3.8, 4) is 23.6 Å². The van der Waals surface area contributed by atoms with Gasteiger partial charge in [0.15, 0.2) is 6.10 Å². The Hall–Kier alpha value is -4.91. The van der Waals surface area contributed by atoms with Gasteiger partial charge in [-0.05, 0) is 48.5 Å². The van der Waals surface area contributed by atoms with E-state index in [1.54, 1.807) is 78.9 Å². The summed E-state index contributed by atoms with van der Waals surface area (Å²) < 4.78 is 11.5. The zero-order valence-electron chi connectivity index (χ0n) is 18.7. The molecule has 0 aromatic heterocycles. The second kappa shape index (κ2) is 11.0. The van der Waals surface area contributed by atoms with Gasteiger partial charge in [-0.2, -0.15) is 10.5 Å². The van der Waals surface area contributed by atoms with Gasteiger partial charge in [0.05, 0.1) is 16.7 Å². The lowest BCUT2D eigenvalue weighted by molar-refractivity contribution is 0.0280. The van der Waals surface area contributed by atoms with Crippen LogP contribution in [0.4, 0.5) is 0 Å². The first-order valence-corrected chi connectivity index (χ1v) is 11.1. The number of hydrogen-bond donors (Lipinski definition) is 0. The number of hydrogen-bond acceptors (Lipinski definition) is 6. The number of carbonyl (C=O) groups excluding carboxylic acids is 2. The monoisotopic (exact) mass is 492 g/mol. The van der Waals surface area contributed by atoms with Crippen LogP contribution in [0.25, 0.3) is 0 Å². The molecule has 0 fully saturated rings. The number of carbonyl (C=O) groups is 2. The molecule has 0 amide bonds. The van der Waals surface area contributed by atoms with E-state index < -0.39 is 12.1 Å². The Kier molecular flexibility index (Phi) is 7.41. The fourth-order valence-corrected chi connectivity index (χ4v) is 3.56. The highest BCUT2D eigenvalue weighted by molar-refractivity contribution is 6.30. The second-order valence-electron chi connectivity index (χ2n) is 7.63. The first-order chi connectivity index (χ1) is 17.5. The maximum atomic E-state index is 13.2. The molecule has 0 aliphatic rings. The van der Waals surface area contributed by atoms with Gasteiger partial charge < -0.3 is 9.47 Å². The zero-order valence-corrected chi connectivity index (χ0v) is 19.5. The molecule has 0 spiro atoms. The first-order valence-electron chi connectivity index (χ1n) is 10.8. The minimum absolute atomic E-state index is 0.168. The van der Waals surface area contributed by atoms with E-state index in [0.29, 0.717) is 27.6 Å². The van der Waals surface area contributed by atoms with Crippen LogP contribution in [0.3, 0.4) is 0 Å². The lowest BCUT2D eigenvalue weighted by atomic mass is 9.99. The molecule has 4 aromatic rings. The van der Waals surface area contributed by atoms with Gasteiger partial charge in [0.2, 0.25) is 5.78 Å². The molecule has 1 atom stereocenters. The van der Waals surface area contributed by atoms with E-state index in [2.05, 4.69) is 0 Å². The fraction of sp³-hybridized carbons (Fsp3) is 0.0345. The van der Waals surface area contributed by atoms with Gasteiger partial charge in [0.25, 0.3) is 0 Å². The second-order valence-corrected chi connectivity index (χ2v) is 8.06. The summed E-state index contributed by atoms with van der Waals surface area (Å²) in [4.78, 5) is 26.3. The van der Waals surface area contributed by atoms with Gasteiger partial charge in [0.1, 0.15) is 23.6 Å². The minimum atomic E-state index is -1.18. The van der Waals surface area contributed by atoms with Crippen LogP contribution in [0.5, 0.6) is 11.5 Å². The van der Waals surface area contributed by atoms with Gasteiger partial charge in [0, 0.05) is 16.1 Å². The molecule has 4 rings (SSSR count). The SMILES string of the molecule is N#Cc1ccc(Oc2cccc(C(=O)O[C@@H](C(=O)c3ccccc3)c3ccc(Cl)cc3)c2)cc1C#N. The third-order valence-electron chi connectivity index (χ3n) is 5.23. The molecule has 0 heterocycles. The van der Waals surface area contributed by atoms with Gasteiger partial charge in [-0.1, -0.05) is 60.1 Å². The summed E-state index contributed by atoms with van der Waals surface area (Å²) in [7, 11) is 0. The molecular weight excluding hydrogens is 476 g/mol. The maximum Gasteiger partial charge on any atom is 0.339 e. The van der Waals surface area contributed by atoms with Crippen molar-refractivity contribution in [3.05, 3.63) is 130 Å². The van der Waals surface area contributed by atoms with Crippen molar-refractivity contribution < 1.29 is 19.1 Å². The van der Waals surface area contributed by atoms with Crippen LogP contribution < -0.4 is 4.74 Å².